The summed E-state index contributed by atoms with van der Waals surface area (Å²) in [5.41, 5.74) is 1.49. The molecule has 0 aliphatic carbocycles. The number of carbonyl (C=O) groups excluding carboxylic acids is 1. The molecule has 1 heterocycles. The van der Waals surface area contributed by atoms with Crippen molar-refractivity contribution >= 4 is 40.9 Å². The summed E-state index contributed by atoms with van der Waals surface area (Å²) in [6, 6.07) is 9.84. The molecule has 140 valence electrons. The van der Waals surface area contributed by atoms with Crippen LogP contribution in [-0.4, -0.2) is 27.2 Å². The van der Waals surface area contributed by atoms with E-state index >= 15 is 0 Å². The third-order valence-electron chi connectivity index (χ3n) is 3.72. The second-order valence-electron chi connectivity index (χ2n) is 6.10. The third kappa shape index (κ3) is 5.22. The molecule has 0 spiro atoms. The lowest BCUT2D eigenvalue weighted by Gasteiger charge is -2.14. The maximum Gasteiger partial charge on any atom is 0.337 e. The van der Waals surface area contributed by atoms with Crippen LogP contribution in [0.3, 0.4) is 0 Å². The van der Waals surface area contributed by atoms with Gasteiger partial charge in [0.05, 0.1) is 21.4 Å². The average Bonchev–Trinajstić information content (AvgIpc) is 2.62. The fraction of sp³-hybridized carbons (Fsp3) is 0.263. The lowest BCUT2D eigenvalue weighted by molar-refractivity contribution is -0.115. The molecule has 0 aliphatic rings. The van der Waals surface area contributed by atoms with Gasteiger partial charge in [-0.3, -0.25) is 4.79 Å². The Morgan fingerprint density at radius 2 is 1.96 bits per heavy atom. The largest absolute Gasteiger partial charge is 0.478 e. The Bertz CT molecular complexity index is 925. The van der Waals surface area contributed by atoms with Crippen molar-refractivity contribution in [2.75, 3.05) is 5.32 Å². The van der Waals surface area contributed by atoms with E-state index in [0.717, 1.165) is 5.69 Å². The van der Waals surface area contributed by atoms with E-state index in [1.807, 2.05) is 13.8 Å². The number of anilines is 1. The standard InChI is InChI=1S/C19H18ClN3O3S/c1-10(2)16-7-4-12(9-21)18(23-16)27-11(3)17(24)22-13-5-6-15(20)14(8-13)19(25)26/h4-8,10-11H,1-3H3,(H,22,24)(H,25,26). The molecule has 0 saturated carbocycles. The average molecular weight is 404 g/mol. The van der Waals surface area contributed by atoms with Gasteiger partial charge in [0.2, 0.25) is 5.91 Å². The number of aromatic carboxylic acids is 1. The van der Waals surface area contributed by atoms with Crippen molar-refractivity contribution in [2.45, 2.75) is 37.0 Å². The topological polar surface area (TPSA) is 103 Å². The molecule has 27 heavy (non-hydrogen) atoms. The number of nitrogens with one attached hydrogen (secondary N) is 1. The summed E-state index contributed by atoms with van der Waals surface area (Å²) in [5.74, 6) is -1.31. The fourth-order valence-corrected chi connectivity index (χ4v) is 3.28. The van der Waals surface area contributed by atoms with E-state index in [1.54, 1.807) is 19.1 Å². The monoisotopic (exact) mass is 403 g/mol. The zero-order chi connectivity index (χ0) is 20.1. The highest BCUT2D eigenvalue weighted by atomic mass is 35.5. The lowest BCUT2D eigenvalue weighted by atomic mass is 10.1. The number of hydrogen-bond donors (Lipinski definition) is 2. The molecule has 0 fully saturated rings. The second kappa shape index (κ2) is 8.89. The van der Waals surface area contributed by atoms with Gasteiger partial charge in [-0.05, 0) is 43.2 Å². The molecule has 1 aromatic heterocycles. The number of carboxylic acids is 1. The van der Waals surface area contributed by atoms with Crippen molar-refractivity contribution in [1.82, 2.24) is 4.98 Å². The number of amides is 1. The number of halogens is 1. The zero-order valence-corrected chi connectivity index (χ0v) is 16.6. The summed E-state index contributed by atoms with van der Waals surface area (Å²) in [7, 11) is 0. The molecule has 6 nitrogen and oxygen atoms in total. The molecule has 0 aliphatic heterocycles. The number of thioether (sulfide) groups is 1. The number of hydrogen-bond acceptors (Lipinski definition) is 5. The van der Waals surface area contributed by atoms with E-state index in [0.29, 0.717) is 16.3 Å². The number of pyridine rings is 1. The summed E-state index contributed by atoms with van der Waals surface area (Å²) in [5, 5.41) is 21.1. The predicted octanol–water partition coefficient (Wildman–Crippen LogP) is 4.55. The number of rotatable bonds is 6. The summed E-state index contributed by atoms with van der Waals surface area (Å²) in [6.45, 7) is 5.69. The molecular weight excluding hydrogens is 386 g/mol. The van der Waals surface area contributed by atoms with E-state index in [-0.39, 0.29) is 22.4 Å². The molecule has 2 rings (SSSR count). The van der Waals surface area contributed by atoms with Crippen LogP contribution in [0.5, 0.6) is 0 Å². The first-order chi connectivity index (χ1) is 12.7. The molecule has 1 atom stereocenters. The maximum absolute atomic E-state index is 12.5. The van der Waals surface area contributed by atoms with Crippen LogP contribution in [0.25, 0.3) is 0 Å². The Kier molecular flexibility index (Phi) is 6.83. The van der Waals surface area contributed by atoms with E-state index in [9.17, 15) is 14.9 Å². The first-order valence-corrected chi connectivity index (χ1v) is 9.40. The molecule has 2 aromatic rings. The Morgan fingerprint density at radius 1 is 1.26 bits per heavy atom. The van der Waals surface area contributed by atoms with Gasteiger partial charge < -0.3 is 10.4 Å². The summed E-state index contributed by atoms with van der Waals surface area (Å²) in [6.07, 6.45) is 0. The molecule has 0 saturated heterocycles. The first kappa shape index (κ1) is 20.7. The Balaban J connectivity index is 2.17. The number of benzene rings is 1. The fourth-order valence-electron chi connectivity index (χ4n) is 2.18. The molecule has 1 amide bonds. The quantitative estimate of drug-likeness (QED) is 0.686. The van der Waals surface area contributed by atoms with Gasteiger partial charge in [0.1, 0.15) is 11.1 Å². The van der Waals surface area contributed by atoms with Gasteiger partial charge in [0.15, 0.2) is 0 Å². The van der Waals surface area contributed by atoms with Crippen molar-refractivity contribution in [3.8, 4) is 6.07 Å². The molecule has 1 aromatic carbocycles. The van der Waals surface area contributed by atoms with E-state index < -0.39 is 11.2 Å². The minimum Gasteiger partial charge on any atom is -0.478 e. The van der Waals surface area contributed by atoms with Gasteiger partial charge >= 0.3 is 5.97 Å². The van der Waals surface area contributed by atoms with Gasteiger partial charge in [-0.1, -0.05) is 37.2 Å². The second-order valence-corrected chi connectivity index (χ2v) is 7.84. The number of nitriles is 1. The minimum absolute atomic E-state index is 0.0900. The normalized spacial score (nSPS) is 11.7. The van der Waals surface area contributed by atoms with Crippen LogP contribution >= 0.6 is 23.4 Å². The first-order valence-electron chi connectivity index (χ1n) is 8.14. The summed E-state index contributed by atoms with van der Waals surface area (Å²) in [4.78, 5) is 28.1. The van der Waals surface area contributed by atoms with Gasteiger partial charge in [0, 0.05) is 11.4 Å². The van der Waals surface area contributed by atoms with Crippen molar-refractivity contribution in [3.05, 3.63) is 52.2 Å². The summed E-state index contributed by atoms with van der Waals surface area (Å²) < 4.78 is 0. The summed E-state index contributed by atoms with van der Waals surface area (Å²) >= 11 is 7.01. The molecule has 8 heteroatoms. The maximum atomic E-state index is 12.5. The molecular formula is C19H18ClN3O3S. The van der Waals surface area contributed by atoms with Gasteiger partial charge in [-0.25, -0.2) is 9.78 Å². The SMILES string of the molecule is CC(Sc1nc(C(C)C)ccc1C#N)C(=O)Nc1ccc(Cl)c(C(=O)O)c1. The van der Waals surface area contributed by atoms with E-state index in [2.05, 4.69) is 16.4 Å². The van der Waals surface area contributed by atoms with Crippen molar-refractivity contribution in [2.24, 2.45) is 0 Å². The molecule has 0 radical (unpaired) electrons. The third-order valence-corrected chi connectivity index (χ3v) is 5.15. The van der Waals surface area contributed by atoms with Gasteiger partial charge in [0.25, 0.3) is 0 Å². The Hall–Kier alpha value is -2.56. The zero-order valence-electron chi connectivity index (χ0n) is 15.0. The highest BCUT2D eigenvalue weighted by Gasteiger charge is 2.19. The number of carbonyl (C=O) groups is 2. The lowest BCUT2D eigenvalue weighted by Crippen LogP contribution is -2.23. The van der Waals surface area contributed by atoms with E-state index in [1.165, 1.54) is 30.0 Å². The molecule has 2 N–H and O–H groups in total. The van der Waals surface area contributed by atoms with Crippen LogP contribution < -0.4 is 5.32 Å². The Labute approximate surface area is 166 Å². The smallest absolute Gasteiger partial charge is 0.337 e. The van der Waals surface area contributed by atoms with Crippen LogP contribution in [0.4, 0.5) is 5.69 Å². The highest BCUT2D eigenvalue weighted by molar-refractivity contribution is 8.00. The van der Waals surface area contributed by atoms with Crippen LogP contribution in [0, 0.1) is 11.3 Å². The van der Waals surface area contributed by atoms with Crippen LogP contribution in [0.15, 0.2) is 35.4 Å². The van der Waals surface area contributed by atoms with E-state index in [4.69, 9.17) is 16.7 Å². The predicted molar refractivity (Wildman–Crippen MR) is 105 cm³/mol. The van der Waals surface area contributed by atoms with Crippen LogP contribution in [0.2, 0.25) is 5.02 Å². The van der Waals surface area contributed by atoms with Crippen LogP contribution in [0.1, 0.15) is 48.3 Å². The number of nitrogens with zero attached hydrogens (tertiary/aromatic N) is 2. The molecule has 0 bridgehead atoms. The van der Waals surface area contributed by atoms with Crippen LogP contribution in [-0.2, 0) is 4.79 Å². The highest BCUT2D eigenvalue weighted by Crippen LogP contribution is 2.28. The van der Waals surface area contributed by atoms with Gasteiger partial charge in [-0.15, -0.1) is 0 Å². The van der Waals surface area contributed by atoms with Crippen molar-refractivity contribution in [1.29, 1.82) is 5.26 Å². The Morgan fingerprint density at radius 3 is 2.56 bits per heavy atom. The van der Waals surface area contributed by atoms with Crippen molar-refractivity contribution < 1.29 is 14.7 Å². The number of aromatic nitrogens is 1. The van der Waals surface area contributed by atoms with Gasteiger partial charge in [-0.2, -0.15) is 5.26 Å². The van der Waals surface area contributed by atoms with Crippen molar-refractivity contribution in [3.63, 3.8) is 0 Å². The minimum atomic E-state index is -1.17. The number of carboxylic acid groups (broad SMARTS) is 1. The molecule has 1 unspecified atom stereocenters.